The molecule has 1 saturated carbocycles. The third-order valence-electron chi connectivity index (χ3n) is 3.63. The van der Waals surface area contributed by atoms with Crippen LogP contribution in [0.4, 0.5) is 0 Å². The monoisotopic (exact) mass is 262 g/mol. The molecule has 3 unspecified atom stereocenters. The highest BCUT2D eigenvalue weighted by atomic mass is 35.5. The van der Waals surface area contributed by atoms with Gasteiger partial charge in [0.25, 0.3) is 0 Å². The Hall–Kier alpha value is -0.320. The maximum atomic E-state index is 11.8. The summed E-state index contributed by atoms with van der Waals surface area (Å²) in [5.74, 6) is 0.779. The number of rotatable bonds is 3. The predicted molar refractivity (Wildman–Crippen MR) is 69.4 cm³/mol. The van der Waals surface area contributed by atoms with E-state index in [9.17, 15) is 4.79 Å². The van der Waals surface area contributed by atoms with Gasteiger partial charge in [-0.2, -0.15) is 0 Å². The molecule has 0 spiro atoms. The number of carbonyl (C=O) groups is 1. The van der Waals surface area contributed by atoms with Crippen LogP contribution in [0.3, 0.4) is 0 Å². The Morgan fingerprint density at radius 2 is 2.29 bits per heavy atom. The highest BCUT2D eigenvalue weighted by molar-refractivity contribution is 5.85. The van der Waals surface area contributed by atoms with Gasteiger partial charge in [0.1, 0.15) is 0 Å². The first-order valence-electron chi connectivity index (χ1n) is 6.37. The normalized spacial score (nSPS) is 32.9. The van der Waals surface area contributed by atoms with E-state index >= 15 is 0 Å². The SMILES string of the molecule is CC1CCCC1NC(=O)CC1CNCCO1.Cl. The van der Waals surface area contributed by atoms with E-state index in [-0.39, 0.29) is 24.4 Å². The summed E-state index contributed by atoms with van der Waals surface area (Å²) in [6, 6.07) is 0.393. The van der Waals surface area contributed by atoms with E-state index in [0.29, 0.717) is 18.4 Å². The Labute approximate surface area is 109 Å². The Balaban J connectivity index is 0.00000144. The van der Waals surface area contributed by atoms with Gasteiger partial charge < -0.3 is 15.4 Å². The largest absolute Gasteiger partial charge is 0.375 e. The molecule has 0 radical (unpaired) electrons. The van der Waals surface area contributed by atoms with E-state index in [1.54, 1.807) is 0 Å². The fraction of sp³-hybridized carbons (Fsp3) is 0.917. The standard InChI is InChI=1S/C12H22N2O2.ClH/c1-9-3-2-4-11(9)14-12(15)7-10-8-13-5-6-16-10;/h9-11,13H,2-8H2,1H3,(H,14,15);1H. The molecule has 2 N–H and O–H groups in total. The van der Waals surface area contributed by atoms with Crippen LogP contribution in [0.2, 0.25) is 0 Å². The van der Waals surface area contributed by atoms with E-state index in [1.165, 1.54) is 12.8 Å². The Morgan fingerprint density at radius 3 is 2.88 bits per heavy atom. The summed E-state index contributed by atoms with van der Waals surface area (Å²) in [6.45, 7) is 4.64. The van der Waals surface area contributed by atoms with Crippen molar-refractivity contribution in [3.63, 3.8) is 0 Å². The topological polar surface area (TPSA) is 50.4 Å². The number of hydrogen-bond donors (Lipinski definition) is 2. The summed E-state index contributed by atoms with van der Waals surface area (Å²) >= 11 is 0. The van der Waals surface area contributed by atoms with Crippen molar-refractivity contribution in [2.24, 2.45) is 5.92 Å². The molecule has 2 aliphatic rings. The summed E-state index contributed by atoms with van der Waals surface area (Å²) in [6.07, 6.45) is 4.18. The van der Waals surface area contributed by atoms with E-state index in [2.05, 4.69) is 17.6 Å². The Morgan fingerprint density at radius 1 is 1.47 bits per heavy atom. The van der Waals surface area contributed by atoms with Gasteiger partial charge in [0.15, 0.2) is 0 Å². The van der Waals surface area contributed by atoms with Gasteiger partial charge in [0, 0.05) is 19.1 Å². The summed E-state index contributed by atoms with van der Waals surface area (Å²) in [5, 5.41) is 6.37. The average Bonchev–Trinajstić information content (AvgIpc) is 2.66. The summed E-state index contributed by atoms with van der Waals surface area (Å²) < 4.78 is 5.52. The molecule has 0 aromatic rings. The second-order valence-electron chi connectivity index (χ2n) is 4.98. The van der Waals surface area contributed by atoms with E-state index < -0.39 is 0 Å². The molecule has 0 aromatic carbocycles. The number of carbonyl (C=O) groups excluding carboxylic acids is 1. The quantitative estimate of drug-likeness (QED) is 0.801. The van der Waals surface area contributed by atoms with Crippen molar-refractivity contribution in [2.75, 3.05) is 19.7 Å². The molecule has 1 heterocycles. The second-order valence-corrected chi connectivity index (χ2v) is 4.98. The maximum absolute atomic E-state index is 11.8. The van der Waals surface area contributed by atoms with Gasteiger partial charge in [-0.05, 0) is 18.8 Å². The van der Waals surface area contributed by atoms with Crippen molar-refractivity contribution in [1.82, 2.24) is 10.6 Å². The van der Waals surface area contributed by atoms with Crippen molar-refractivity contribution in [1.29, 1.82) is 0 Å². The zero-order chi connectivity index (χ0) is 11.4. The lowest BCUT2D eigenvalue weighted by atomic mass is 10.1. The van der Waals surface area contributed by atoms with Gasteiger partial charge in [-0.3, -0.25) is 4.79 Å². The smallest absolute Gasteiger partial charge is 0.222 e. The molecule has 2 rings (SSSR count). The van der Waals surface area contributed by atoms with Gasteiger partial charge in [-0.25, -0.2) is 0 Å². The van der Waals surface area contributed by atoms with Crippen LogP contribution >= 0.6 is 12.4 Å². The Bertz CT molecular complexity index is 245. The summed E-state index contributed by atoms with van der Waals surface area (Å²) in [5.41, 5.74) is 0. The van der Waals surface area contributed by atoms with Crippen LogP contribution < -0.4 is 10.6 Å². The molecule has 1 saturated heterocycles. The lowest BCUT2D eigenvalue weighted by molar-refractivity contribution is -0.125. The van der Waals surface area contributed by atoms with Crippen LogP contribution in [0.15, 0.2) is 0 Å². The number of amides is 1. The average molecular weight is 263 g/mol. The molecular weight excluding hydrogens is 240 g/mol. The van der Waals surface area contributed by atoms with Gasteiger partial charge in [0.05, 0.1) is 19.1 Å². The minimum absolute atomic E-state index is 0. The van der Waals surface area contributed by atoms with Crippen molar-refractivity contribution in [2.45, 2.75) is 44.8 Å². The minimum atomic E-state index is 0. The van der Waals surface area contributed by atoms with Gasteiger partial charge >= 0.3 is 0 Å². The maximum Gasteiger partial charge on any atom is 0.222 e. The summed E-state index contributed by atoms with van der Waals surface area (Å²) in [4.78, 5) is 11.8. The zero-order valence-electron chi connectivity index (χ0n) is 10.4. The van der Waals surface area contributed by atoms with Crippen molar-refractivity contribution < 1.29 is 9.53 Å². The molecule has 3 atom stereocenters. The number of hydrogen-bond acceptors (Lipinski definition) is 3. The van der Waals surface area contributed by atoms with Crippen molar-refractivity contribution >= 4 is 18.3 Å². The zero-order valence-corrected chi connectivity index (χ0v) is 11.2. The predicted octanol–water partition coefficient (Wildman–Crippen LogP) is 1.09. The summed E-state index contributed by atoms with van der Waals surface area (Å²) in [7, 11) is 0. The van der Waals surface area contributed by atoms with Crippen LogP contribution in [0, 0.1) is 5.92 Å². The van der Waals surface area contributed by atoms with Gasteiger partial charge in [0.2, 0.25) is 5.91 Å². The molecule has 100 valence electrons. The molecule has 4 nitrogen and oxygen atoms in total. The van der Waals surface area contributed by atoms with E-state index in [1.807, 2.05) is 0 Å². The third kappa shape index (κ3) is 4.45. The molecular formula is C12H23ClN2O2. The number of halogens is 1. The molecule has 5 heteroatoms. The lowest BCUT2D eigenvalue weighted by Crippen LogP contribution is -2.43. The lowest BCUT2D eigenvalue weighted by Gasteiger charge is -2.24. The minimum Gasteiger partial charge on any atom is -0.375 e. The van der Waals surface area contributed by atoms with Gasteiger partial charge in [-0.1, -0.05) is 13.3 Å². The van der Waals surface area contributed by atoms with Crippen molar-refractivity contribution in [3.8, 4) is 0 Å². The number of morpholine rings is 1. The van der Waals surface area contributed by atoms with Crippen LogP contribution in [-0.4, -0.2) is 37.7 Å². The van der Waals surface area contributed by atoms with E-state index in [0.717, 1.165) is 26.1 Å². The molecule has 2 fully saturated rings. The first-order chi connectivity index (χ1) is 7.75. The Kier molecular flexibility index (Phi) is 6.23. The number of nitrogens with one attached hydrogen (secondary N) is 2. The second kappa shape index (κ2) is 7.19. The van der Waals surface area contributed by atoms with E-state index in [4.69, 9.17) is 4.74 Å². The first kappa shape index (κ1) is 14.7. The fourth-order valence-corrected chi connectivity index (χ4v) is 2.58. The molecule has 1 aliphatic heterocycles. The highest BCUT2D eigenvalue weighted by Gasteiger charge is 2.26. The van der Waals surface area contributed by atoms with Crippen LogP contribution in [0.5, 0.6) is 0 Å². The highest BCUT2D eigenvalue weighted by Crippen LogP contribution is 2.24. The third-order valence-corrected chi connectivity index (χ3v) is 3.63. The van der Waals surface area contributed by atoms with Crippen LogP contribution in [-0.2, 0) is 9.53 Å². The molecule has 1 aliphatic carbocycles. The molecule has 0 bridgehead atoms. The molecule has 17 heavy (non-hydrogen) atoms. The van der Waals surface area contributed by atoms with Crippen LogP contribution in [0.1, 0.15) is 32.6 Å². The van der Waals surface area contributed by atoms with Gasteiger partial charge in [-0.15, -0.1) is 12.4 Å². The van der Waals surface area contributed by atoms with Crippen LogP contribution in [0.25, 0.3) is 0 Å². The first-order valence-corrected chi connectivity index (χ1v) is 6.37. The molecule has 0 aromatic heterocycles. The number of ether oxygens (including phenoxy) is 1. The fourth-order valence-electron chi connectivity index (χ4n) is 2.58. The van der Waals surface area contributed by atoms with Crippen molar-refractivity contribution in [3.05, 3.63) is 0 Å². The molecule has 1 amide bonds.